The predicted octanol–water partition coefficient (Wildman–Crippen LogP) is 4.02. The van der Waals surface area contributed by atoms with E-state index in [1.54, 1.807) is 13.3 Å². The van der Waals surface area contributed by atoms with Gasteiger partial charge in [-0.05, 0) is 41.5 Å². The summed E-state index contributed by atoms with van der Waals surface area (Å²) in [5.74, 6) is 0.661. The predicted molar refractivity (Wildman–Crippen MR) is 95.7 cm³/mol. The second kappa shape index (κ2) is 5.90. The van der Waals surface area contributed by atoms with Crippen LogP contribution in [0, 0.1) is 5.95 Å². The van der Waals surface area contributed by atoms with E-state index in [4.69, 9.17) is 10.5 Å². The number of halogens is 1. The van der Waals surface area contributed by atoms with E-state index >= 15 is 0 Å². The first-order valence-electron chi connectivity index (χ1n) is 7.68. The molecule has 0 unspecified atom stereocenters. The smallest absolute Gasteiger partial charge is 0.213 e. The number of nitrogens with one attached hydrogen (secondary N) is 1. The molecule has 0 aliphatic carbocycles. The van der Waals surface area contributed by atoms with Crippen molar-refractivity contribution in [2.24, 2.45) is 0 Å². The zero-order valence-electron chi connectivity index (χ0n) is 13.5. The van der Waals surface area contributed by atoms with Gasteiger partial charge in [0.15, 0.2) is 0 Å². The molecule has 3 aromatic heterocycles. The van der Waals surface area contributed by atoms with Gasteiger partial charge in [-0.15, -0.1) is 0 Å². The Morgan fingerprint density at radius 1 is 1.04 bits per heavy atom. The first kappa shape index (κ1) is 15.1. The van der Waals surface area contributed by atoms with E-state index < -0.39 is 5.95 Å². The molecule has 0 aliphatic rings. The summed E-state index contributed by atoms with van der Waals surface area (Å²) >= 11 is 0. The summed E-state index contributed by atoms with van der Waals surface area (Å²) in [6, 6.07) is 12.9. The summed E-state index contributed by atoms with van der Waals surface area (Å²) in [6.07, 6.45) is 3.15. The molecule has 0 spiro atoms. The summed E-state index contributed by atoms with van der Waals surface area (Å²) in [5, 5.41) is 0.760. The zero-order valence-corrected chi connectivity index (χ0v) is 13.5. The molecule has 0 radical (unpaired) electrons. The van der Waals surface area contributed by atoms with Crippen LogP contribution < -0.4 is 10.5 Å². The fourth-order valence-corrected chi connectivity index (χ4v) is 2.87. The summed E-state index contributed by atoms with van der Waals surface area (Å²) < 4.78 is 18.9. The van der Waals surface area contributed by atoms with Crippen molar-refractivity contribution >= 4 is 16.7 Å². The van der Waals surface area contributed by atoms with Gasteiger partial charge in [-0.1, -0.05) is 6.07 Å². The van der Waals surface area contributed by atoms with E-state index in [2.05, 4.69) is 15.0 Å². The summed E-state index contributed by atoms with van der Waals surface area (Å²) in [5.41, 5.74) is 10.2. The molecule has 3 heterocycles. The third-order valence-corrected chi connectivity index (χ3v) is 4.08. The minimum atomic E-state index is -0.504. The van der Waals surface area contributed by atoms with Crippen molar-refractivity contribution in [1.29, 1.82) is 0 Å². The van der Waals surface area contributed by atoms with E-state index in [0.717, 1.165) is 33.3 Å². The number of hydrogen-bond donors (Lipinski definition) is 2. The van der Waals surface area contributed by atoms with Crippen LogP contribution in [0.4, 0.5) is 10.2 Å². The van der Waals surface area contributed by atoms with Crippen molar-refractivity contribution in [1.82, 2.24) is 15.0 Å². The number of H-pyrrole nitrogens is 1. The van der Waals surface area contributed by atoms with Gasteiger partial charge in [-0.2, -0.15) is 4.39 Å². The summed E-state index contributed by atoms with van der Waals surface area (Å²) in [6.45, 7) is 0. The molecule has 0 bridgehead atoms. The molecular formula is C19H15FN4O. The Bertz CT molecular complexity index is 1070. The van der Waals surface area contributed by atoms with Crippen LogP contribution in [0.25, 0.3) is 33.3 Å². The number of nitrogen functional groups attached to an aromatic ring is 1. The van der Waals surface area contributed by atoms with Crippen LogP contribution in [0.3, 0.4) is 0 Å². The lowest BCUT2D eigenvalue weighted by molar-refractivity contribution is 0.416. The van der Waals surface area contributed by atoms with Crippen LogP contribution in [0.15, 0.2) is 54.9 Å². The molecule has 0 saturated carbocycles. The van der Waals surface area contributed by atoms with Crippen LogP contribution >= 0.6 is 0 Å². The normalized spacial score (nSPS) is 11.0. The van der Waals surface area contributed by atoms with Crippen molar-refractivity contribution in [3.05, 3.63) is 60.8 Å². The zero-order chi connectivity index (χ0) is 17.4. The van der Waals surface area contributed by atoms with Gasteiger partial charge in [-0.25, -0.2) is 9.97 Å². The van der Waals surface area contributed by atoms with Crippen LogP contribution in [-0.2, 0) is 0 Å². The molecule has 25 heavy (non-hydrogen) atoms. The number of anilines is 1. The van der Waals surface area contributed by atoms with Crippen LogP contribution in [-0.4, -0.2) is 22.1 Å². The van der Waals surface area contributed by atoms with Gasteiger partial charge in [0, 0.05) is 23.2 Å². The van der Waals surface area contributed by atoms with Gasteiger partial charge in [0.1, 0.15) is 11.6 Å². The Kier molecular flexibility index (Phi) is 3.57. The van der Waals surface area contributed by atoms with E-state index in [-0.39, 0.29) is 0 Å². The highest BCUT2D eigenvalue weighted by molar-refractivity contribution is 5.87. The molecule has 0 aliphatic heterocycles. The number of pyridine rings is 2. The Balaban J connectivity index is 1.81. The summed E-state index contributed by atoms with van der Waals surface area (Å²) in [4.78, 5) is 10.9. The number of methoxy groups -OCH3 is 1. The van der Waals surface area contributed by atoms with Crippen molar-refractivity contribution in [2.45, 2.75) is 0 Å². The van der Waals surface area contributed by atoms with Gasteiger partial charge in [0.05, 0.1) is 24.5 Å². The first-order valence-corrected chi connectivity index (χ1v) is 7.68. The number of hydrogen-bond acceptors (Lipinski definition) is 4. The molecule has 4 rings (SSSR count). The second-order valence-electron chi connectivity index (χ2n) is 5.66. The number of aromatic amines is 1. The maximum Gasteiger partial charge on any atom is 0.213 e. The van der Waals surface area contributed by atoms with Crippen LogP contribution in [0.5, 0.6) is 5.75 Å². The maximum absolute atomic E-state index is 13.3. The molecule has 124 valence electrons. The Morgan fingerprint density at radius 3 is 2.68 bits per heavy atom. The fourth-order valence-electron chi connectivity index (χ4n) is 2.87. The number of rotatable bonds is 3. The van der Waals surface area contributed by atoms with Crippen LogP contribution in [0.1, 0.15) is 0 Å². The van der Waals surface area contributed by atoms with Gasteiger partial charge in [0.2, 0.25) is 5.95 Å². The molecule has 0 saturated heterocycles. The molecule has 0 amide bonds. The maximum atomic E-state index is 13.3. The highest BCUT2D eigenvalue weighted by Crippen LogP contribution is 2.35. The number of fused-ring (bicyclic) bond motifs is 1. The Morgan fingerprint density at radius 2 is 1.88 bits per heavy atom. The molecule has 4 aromatic rings. The number of nitrogens with zero attached hydrogens (tertiary/aromatic N) is 2. The highest BCUT2D eigenvalue weighted by atomic mass is 19.1. The largest absolute Gasteiger partial charge is 0.496 e. The Labute approximate surface area is 143 Å². The number of nitrogens with two attached hydrogens (primary N) is 1. The second-order valence-corrected chi connectivity index (χ2v) is 5.66. The Hall–Kier alpha value is -3.41. The molecule has 6 heteroatoms. The lowest BCUT2D eigenvalue weighted by Crippen LogP contribution is -1.92. The topological polar surface area (TPSA) is 76.8 Å². The molecular weight excluding hydrogens is 319 g/mol. The van der Waals surface area contributed by atoms with Crippen molar-refractivity contribution in [3.63, 3.8) is 0 Å². The number of ether oxygens (including phenoxy) is 1. The number of aromatic nitrogens is 3. The average molecular weight is 334 g/mol. The average Bonchev–Trinajstić information content (AvgIpc) is 3.04. The third kappa shape index (κ3) is 2.78. The lowest BCUT2D eigenvalue weighted by Gasteiger charge is -2.10. The van der Waals surface area contributed by atoms with Crippen molar-refractivity contribution < 1.29 is 9.13 Å². The molecule has 5 nitrogen and oxygen atoms in total. The molecule has 0 fully saturated rings. The molecule has 3 N–H and O–H groups in total. The quantitative estimate of drug-likeness (QED) is 0.555. The molecule has 0 atom stereocenters. The number of benzene rings is 1. The lowest BCUT2D eigenvalue weighted by atomic mass is 10.0. The van der Waals surface area contributed by atoms with Gasteiger partial charge >= 0.3 is 0 Å². The van der Waals surface area contributed by atoms with E-state index in [1.807, 2.05) is 36.4 Å². The van der Waals surface area contributed by atoms with Crippen molar-refractivity contribution in [2.75, 3.05) is 12.8 Å². The van der Waals surface area contributed by atoms with Gasteiger partial charge in [0.25, 0.3) is 0 Å². The van der Waals surface area contributed by atoms with E-state index in [1.165, 1.54) is 12.3 Å². The van der Waals surface area contributed by atoms with Crippen molar-refractivity contribution in [3.8, 4) is 28.1 Å². The fraction of sp³-hybridized carbons (Fsp3) is 0.0526. The van der Waals surface area contributed by atoms with E-state index in [0.29, 0.717) is 11.6 Å². The summed E-state index contributed by atoms with van der Waals surface area (Å²) in [7, 11) is 1.62. The monoisotopic (exact) mass is 334 g/mol. The standard InChI is InChI=1S/C19H15FN4O/c1-25-17-7-11(12-4-5-22-19(21)9-12)2-3-14(17)15-6-13-8-18(20)23-10-16(13)24-15/h2-10,24H,1H3,(H2,21,22). The SMILES string of the molecule is COc1cc(-c2ccnc(N)c2)ccc1-c1cc2cc(F)ncc2[nH]1. The minimum Gasteiger partial charge on any atom is -0.496 e. The minimum absolute atomic E-state index is 0.464. The third-order valence-electron chi connectivity index (χ3n) is 4.08. The molecule has 1 aromatic carbocycles. The van der Waals surface area contributed by atoms with E-state index in [9.17, 15) is 4.39 Å². The highest BCUT2D eigenvalue weighted by Gasteiger charge is 2.11. The van der Waals surface area contributed by atoms with Gasteiger partial charge < -0.3 is 15.5 Å². The van der Waals surface area contributed by atoms with Gasteiger partial charge in [-0.3, -0.25) is 0 Å². The first-order chi connectivity index (χ1) is 12.1. The van der Waals surface area contributed by atoms with Crippen LogP contribution in [0.2, 0.25) is 0 Å².